The van der Waals surface area contributed by atoms with E-state index in [0.29, 0.717) is 5.75 Å². The Labute approximate surface area is 122 Å². The molecule has 0 saturated carbocycles. The van der Waals surface area contributed by atoms with Gasteiger partial charge in [-0.3, -0.25) is 0 Å². The summed E-state index contributed by atoms with van der Waals surface area (Å²) in [5.74, 6) is 0.0831. The van der Waals surface area contributed by atoms with Crippen LogP contribution in [0.25, 0.3) is 0 Å². The van der Waals surface area contributed by atoms with E-state index in [0.717, 1.165) is 11.6 Å². The van der Waals surface area contributed by atoms with Crippen molar-refractivity contribution in [3.8, 4) is 17.6 Å². The van der Waals surface area contributed by atoms with Crippen LogP contribution in [0, 0.1) is 17.1 Å². The Morgan fingerprint density at radius 3 is 2.62 bits per heavy atom. The molecule has 0 heterocycles. The topological polar surface area (TPSA) is 68.3 Å². The molecule has 2 N–H and O–H groups in total. The van der Waals surface area contributed by atoms with Crippen molar-refractivity contribution in [2.45, 2.75) is 6.10 Å². The fourth-order valence-electron chi connectivity index (χ4n) is 1.99. The van der Waals surface area contributed by atoms with E-state index < -0.39 is 11.9 Å². The number of hydrogen-bond acceptors (Lipinski definition) is 4. The quantitative estimate of drug-likeness (QED) is 0.917. The number of rotatable bonds is 5. The summed E-state index contributed by atoms with van der Waals surface area (Å²) in [7, 11) is 1.55. The van der Waals surface area contributed by atoms with Crippen LogP contribution in [0.5, 0.6) is 11.5 Å². The van der Waals surface area contributed by atoms with Crippen molar-refractivity contribution in [1.29, 1.82) is 5.26 Å². The largest absolute Gasteiger partial charge is 0.496 e. The minimum Gasteiger partial charge on any atom is -0.496 e. The van der Waals surface area contributed by atoms with Gasteiger partial charge in [0.15, 0.2) is 11.6 Å². The Morgan fingerprint density at radius 2 is 2.00 bits per heavy atom. The van der Waals surface area contributed by atoms with Crippen LogP contribution in [0.1, 0.15) is 17.2 Å². The predicted molar refractivity (Wildman–Crippen MR) is 76.5 cm³/mol. The zero-order chi connectivity index (χ0) is 15.2. The van der Waals surface area contributed by atoms with Crippen LogP contribution in [0.4, 0.5) is 4.39 Å². The summed E-state index contributed by atoms with van der Waals surface area (Å²) in [5.41, 5.74) is 6.71. The summed E-state index contributed by atoms with van der Waals surface area (Å²) in [5, 5.41) is 8.73. The summed E-state index contributed by atoms with van der Waals surface area (Å²) < 4.78 is 24.8. The molecule has 0 amide bonds. The van der Waals surface area contributed by atoms with E-state index in [4.69, 9.17) is 20.5 Å². The third-order valence-electron chi connectivity index (χ3n) is 3.03. The molecule has 0 radical (unpaired) electrons. The van der Waals surface area contributed by atoms with Crippen LogP contribution < -0.4 is 15.2 Å². The van der Waals surface area contributed by atoms with Gasteiger partial charge in [0.05, 0.1) is 18.7 Å². The molecule has 0 aromatic heterocycles. The van der Waals surface area contributed by atoms with Gasteiger partial charge in [-0.2, -0.15) is 5.26 Å². The van der Waals surface area contributed by atoms with Crippen molar-refractivity contribution in [3.05, 3.63) is 59.4 Å². The first kappa shape index (κ1) is 14.8. The zero-order valence-electron chi connectivity index (χ0n) is 11.5. The lowest BCUT2D eigenvalue weighted by Gasteiger charge is -2.20. The first-order valence-electron chi connectivity index (χ1n) is 6.39. The summed E-state index contributed by atoms with van der Waals surface area (Å²) in [6.45, 7) is 0.166. The van der Waals surface area contributed by atoms with Crippen LogP contribution in [-0.2, 0) is 0 Å². The standard InChI is InChI=1S/C16H15FN2O2/c1-20-14-5-3-2-4-12(14)16(10-19)21-15-7-6-11(9-18)8-13(15)17/h2-8,16H,10,19H2,1H3. The van der Waals surface area contributed by atoms with Crippen molar-refractivity contribution in [1.82, 2.24) is 0 Å². The first-order chi connectivity index (χ1) is 10.2. The highest BCUT2D eigenvalue weighted by molar-refractivity contribution is 5.39. The molecule has 0 aliphatic heterocycles. The van der Waals surface area contributed by atoms with Crippen LogP contribution in [0.3, 0.4) is 0 Å². The number of ether oxygens (including phenoxy) is 2. The second kappa shape index (κ2) is 6.73. The molecule has 0 saturated heterocycles. The number of nitrogens with two attached hydrogens (primary N) is 1. The summed E-state index contributed by atoms with van der Waals surface area (Å²) in [6.07, 6.45) is -0.538. The van der Waals surface area contributed by atoms with E-state index in [1.54, 1.807) is 13.2 Å². The normalized spacial score (nSPS) is 11.5. The van der Waals surface area contributed by atoms with Crippen molar-refractivity contribution in [2.75, 3.05) is 13.7 Å². The Bertz CT molecular complexity index is 668. The van der Waals surface area contributed by atoms with Crippen molar-refractivity contribution in [3.63, 3.8) is 0 Å². The van der Waals surface area contributed by atoms with Gasteiger partial charge in [-0.1, -0.05) is 18.2 Å². The van der Waals surface area contributed by atoms with Crippen LogP contribution >= 0.6 is 0 Å². The molecule has 0 fully saturated rings. The van der Waals surface area contributed by atoms with E-state index in [2.05, 4.69) is 0 Å². The van der Waals surface area contributed by atoms with Gasteiger partial charge in [-0.15, -0.1) is 0 Å². The molecule has 0 spiro atoms. The summed E-state index contributed by atoms with van der Waals surface area (Å²) in [6, 6.07) is 13.2. The van der Waals surface area contributed by atoms with Gasteiger partial charge in [0.2, 0.25) is 0 Å². The van der Waals surface area contributed by atoms with E-state index in [9.17, 15) is 4.39 Å². The van der Waals surface area contributed by atoms with E-state index >= 15 is 0 Å². The van der Waals surface area contributed by atoms with Crippen LogP contribution in [0.2, 0.25) is 0 Å². The number of nitrogens with zero attached hydrogens (tertiary/aromatic N) is 1. The lowest BCUT2D eigenvalue weighted by Crippen LogP contribution is -2.19. The molecule has 1 unspecified atom stereocenters. The van der Waals surface area contributed by atoms with Gasteiger partial charge in [0.25, 0.3) is 0 Å². The van der Waals surface area contributed by atoms with Crippen LogP contribution in [-0.4, -0.2) is 13.7 Å². The third-order valence-corrected chi connectivity index (χ3v) is 3.03. The lowest BCUT2D eigenvalue weighted by molar-refractivity contribution is 0.199. The molecule has 0 aliphatic carbocycles. The molecule has 2 rings (SSSR count). The molecule has 4 nitrogen and oxygen atoms in total. The highest BCUT2D eigenvalue weighted by Crippen LogP contribution is 2.29. The van der Waals surface area contributed by atoms with E-state index in [1.165, 1.54) is 12.1 Å². The fourth-order valence-corrected chi connectivity index (χ4v) is 1.99. The second-order valence-corrected chi connectivity index (χ2v) is 4.34. The molecule has 1 atom stereocenters. The Hall–Kier alpha value is -2.58. The first-order valence-corrected chi connectivity index (χ1v) is 6.39. The fraction of sp³-hybridized carbons (Fsp3) is 0.188. The number of nitriles is 1. The second-order valence-electron chi connectivity index (χ2n) is 4.34. The maximum Gasteiger partial charge on any atom is 0.166 e. The molecule has 2 aromatic carbocycles. The highest BCUT2D eigenvalue weighted by atomic mass is 19.1. The van der Waals surface area contributed by atoms with Gasteiger partial charge in [0, 0.05) is 12.1 Å². The predicted octanol–water partition coefficient (Wildman–Crippen LogP) is 2.78. The lowest BCUT2D eigenvalue weighted by atomic mass is 10.1. The number of para-hydroxylation sites is 1. The van der Waals surface area contributed by atoms with Gasteiger partial charge < -0.3 is 15.2 Å². The minimum absolute atomic E-state index is 0.0513. The third kappa shape index (κ3) is 3.30. The minimum atomic E-state index is -0.595. The Balaban J connectivity index is 2.29. The molecule has 5 heteroatoms. The van der Waals surface area contributed by atoms with Crippen molar-refractivity contribution in [2.24, 2.45) is 5.73 Å². The van der Waals surface area contributed by atoms with Gasteiger partial charge in [0.1, 0.15) is 11.9 Å². The van der Waals surface area contributed by atoms with Crippen LogP contribution in [0.15, 0.2) is 42.5 Å². The van der Waals surface area contributed by atoms with Crippen molar-refractivity contribution < 1.29 is 13.9 Å². The Kier molecular flexibility index (Phi) is 4.75. The monoisotopic (exact) mass is 286 g/mol. The molecule has 108 valence electrons. The van der Waals surface area contributed by atoms with E-state index in [-0.39, 0.29) is 17.9 Å². The Morgan fingerprint density at radius 1 is 1.24 bits per heavy atom. The summed E-state index contributed by atoms with van der Waals surface area (Å²) in [4.78, 5) is 0. The number of methoxy groups -OCH3 is 1. The molecule has 2 aromatic rings. The zero-order valence-corrected chi connectivity index (χ0v) is 11.5. The summed E-state index contributed by atoms with van der Waals surface area (Å²) >= 11 is 0. The average molecular weight is 286 g/mol. The smallest absolute Gasteiger partial charge is 0.166 e. The number of benzene rings is 2. The maximum atomic E-state index is 13.9. The molecular weight excluding hydrogens is 271 g/mol. The molecule has 0 aliphatic rings. The number of halogens is 1. The molecular formula is C16H15FN2O2. The van der Waals surface area contributed by atoms with Gasteiger partial charge in [-0.25, -0.2) is 4.39 Å². The van der Waals surface area contributed by atoms with Gasteiger partial charge >= 0.3 is 0 Å². The van der Waals surface area contributed by atoms with Crippen molar-refractivity contribution >= 4 is 0 Å². The van der Waals surface area contributed by atoms with Gasteiger partial charge in [-0.05, 0) is 24.3 Å². The highest BCUT2D eigenvalue weighted by Gasteiger charge is 2.18. The maximum absolute atomic E-state index is 13.9. The average Bonchev–Trinajstić information content (AvgIpc) is 2.53. The molecule has 0 bridgehead atoms. The van der Waals surface area contributed by atoms with E-state index in [1.807, 2.05) is 24.3 Å². The SMILES string of the molecule is COc1ccccc1C(CN)Oc1ccc(C#N)cc1F. The molecule has 21 heavy (non-hydrogen) atoms. The number of hydrogen-bond donors (Lipinski definition) is 1.